The minimum atomic E-state index is -1.20. The molecule has 0 fully saturated rings. The molecule has 29 heavy (non-hydrogen) atoms. The van der Waals surface area contributed by atoms with Gasteiger partial charge in [-0.15, -0.1) is 0 Å². The molecule has 2 N–H and O–H groups in total. The van der Waals surface area contributed by atoms with E-state index in [1.807, 2.05) is 0 Å². The minimum absolute atomic E-state index is 0.0638. The SMILES string of the molecule is Cn1c(Cc2ccc(I)c(F)c2F)c(C(=O)COC[C@H](O)CO)c(=O)n(C)c1=O. The Hall–Kier alpha value is -1.96. The second-order valence-electron chi connectivity index (χ2n) is 6.31. The highest BCUT2D eigenvalue weighted by molar-refractivity contribution is 14.1. The standard InChI is InChI=1S/C18H19F2IN2O6/c1-22-12(5-9-3-4-11(21)16(20)15(9)19)14(17(27)23(2)18(22)28)13(26)8-29-7-10(25)6-24/h3-4,10,24-25H,5-8H2,1-2H3/t10-/m1/s1. The first-order valence-corrected chi connectivity index (χ1v) is 9.49. The van der Waals surface area contributed by atoms with E-state index in [9.17, 15) is 28.3 Å². The highest BCUT2D eigenvalue weighted by Crippen LogP contribution is 2.21. The zero-order chi connectivity index (χ0) is 21.9. The maximum atomic E-state index is 14.3. The monoisotopic (exact) mass is 524 g/mol. The van der Waals surface area contributed by atoms with Gasteiger partial charge in [-0.1, -0.05) is 6.07 Å². The summed E-state index contributed by atoms with van der Waals surface area (Å²) in [4.78, 5) is 37.4. The molecule has 1 aromatic heterocycles. The second kappa shape index (κ2) is 9.69. The van der Waals surface area contributed by atoms with E-state index >= 15 is 0 Å². The zero-order valence-corrected chi connectivity index (χ0v) is 17.8. The largest absolute Gasteiger partial charge is 0.394 e. The molecule has 0 aliphatic heterocycles. The molecule has 2 aromatic rings. The van der Waals surface area contributed by atoms with Crippen LogP contribution in [0.15, 0.2) is 21.7 Å². The van der Waals surface area contributed by atoms with Gasteiger partial charge in [0.25, 0.3) is 5.56 Å². The summed E-state index contributed by atoms with van der Waals surface area (Å²) in [6.07, 6.45) is -1.57. The molecular formula is C18H19F2IN2O6. The molecule has 2 rings (SSSR count). The number of benzene rings is 1. The first-order valence-electron chi connectivity index (χ1n) is 8.41. The predicted molar refractivity (Wildman–Crippen MR) is 107 cm³/mol. The summed E-state index contributed by atoms with van der Waals surface area (Å²) in [6, 6.07) is 2.65. The van der Waals surface area contributed by atoms with E-state index in [4.69, 9.17) is 9.84 Å². The Bertz CT molecular complexity index is 1050. The average Bonchev–Trinajstić information content (AvgIpc) is 2.70. The van der Waals surface area contributed by atoms with Gasteiger partial charge in [0.2, 0.25) is 0 Å². The molecule has 0 saturated heterocycles. The Morgan fingerprint density at radius 2 is 1.86 bits per heavy atom. The van der Waals surface area contributed by atoms with Crippen LogP contribution in [-0.4, -0.2) is 51.1 Å². The minimum Gasteiger partial charge on any atom is -0.394 e. The van der Waals surface area contributed by atoms with E-state index in [2.05, 4.69) is 0 Å². The summed E-state index contributed by atoms with van der Waals surface area (Å²) in [5.41, 5.74) is -2.24. The van der Waals surface area contributed by atoms with Crippen molar-refractivity contribution in [1.82, 2.24) is 9.13 Å². The van der Waals surface area contributed by atoms with E-state index in [0.29, 0.717) is 0 Å². The molecule has 158 valence electrons. The van der Waals surface area contributed by atoms with Gasteiger partial charge in [0.1, 0.15) is 18.3 Å². The van der Waals surface area contributed by atoms with Crippen LogP contribution in [-0.2, 0) is 25.3 Å². The van der Waals surface area contributed by atoms with Gasteiger partial charge < -0.3 is 14.9 Å². The number of nitrogens with zero attached hydrogens (tertiary/aromatic N) is 2. The third-order valence-corrected chi connectivity index (χ3v) is 5.12. The molecule has 0 unspecified atom stereocenters. The number of Topliss-reactive ketones (excluding diaryl/α,β-unsaturated/α-hetero) is 1. The van der Waals surface area contributed by atoms with Crippen molar-refractivity contribution in [3.05, 3.63) is 65.0 Å². The lowest BCUT2D eigenvalue weighted by Crippen LogP contribution is -2.43. The molecule has 0 aliphatic rings. The highest BCUT2D eigenvalue weighted by Gasteiger charge is 2.24. The second-order valence-corrected chi connectivity index (χ2v) is 7.48. The quantitative estimate of drug-likeness (QED) is 0.288. The summed E-state index contributed by atoms with van der Waals surface area (Å²) in [6.45, 7) is -1.53. The molecule has 11 heteroatoms. The van der Waals surface area contributed by atoms with Crippen LogP contribution in [0.4, 0.5) is 8.78 Å². The van der Waals surface area contributed by atoms with Gasteiger partial charge >= 0.3 is 5.69 Å². The molecule has 0 saturated carbocycles. The van der Waals surface area contributed by atoms with Gasteiger partial charge in [0, 0.05) is 26.2 Å². The van der Waals surface area contributed by atoms with E-state index in [1.165, 1.54) is 26.2 Å². The topological polar surface area (TPSA) is 111 Å². The fourth-order valence-corrected chi connectivity index (χ4v) is 3.09. The van der Waals surface area contributed by atoms with Gasteiger partial charge in [0.15, 0.2) is 17.4 Å². The van der Waals surface area contributed by atoms with Crippen molar-refractivity contribution >= 4 is 28.4 Å². The lowest BCUT2D eigenvalue weighted by molar-refractivity contribution is 0.00887. The molecule has 0 spiro atoms. The maximum Gasteiger partial charge on any atom is 0.330 e. The number of ether oxygens (including phenoxy) is 1. The summed E-state index contributed by atoms with van der Waals surface area (Å²) in [7, 11) is 2.50. The molecule has 1 aromatic carbocycles. The van der Waals surface area contributed by atoms with Crippen LogP contribution in [0.25, 0.3) is 0 Å². The molecule has 0 aliphatic carbocycles. The lowest BCUT2D eigenvalue weighted by atomic mass is 10.0. The number of aliphatic hydroxyl groups is 2. The Morgan fingerprint density at radius 1 is 1.21 bits per heavy atom. The van der Waals surface area contributed by atoms with Crippen molar-refractivity contribution in [1.29, 1.82) is 0 Å². The van der Waals surface area contributed by atoms with Crippen molar-refractivity contribution in [2.24, 2.45) is 14.1 Å². The van der Waals surface area contributed by atoms with E-state index in [1.54, 1.807) is 22.6 Å². The van der Waals surface area contributed by atoms with Crippen LogP contribution in [0.5, 0.6) is 0 Å². The fraction of sp³-hybridized carbons (Fsp3) is 0.389. The Kier molecular flexibility index (Phi) is 7.80. The number of ketones is 1. The Morgan fingerprint density at radius 3 is 2.48 bits per heavy atom. The Balaban J connectivity index is 2.51. The number of hydrogen-bond donors (Lipinski definition) is 2. The predicted octanol–water partition coefficient (Wildman–Crippen LogP) is 0.110. The molecule has 8 nitrogen and oxygen atoms in total. The van der Waals surface area contributed by atoms with Gasteiger partial charge in [-0.2, -0.15) is 0 Å². The van der Waals surface area contributed by atoms with E-state index in [-0.39, 0.29) is 27.9 Å². The molecule has 0 amide bonds. The van der Waals surface area contributed by atoms with Gasteiger partial charge in [-0.3, -0.25) is 18.7 Å². The van der Waals surface area contributed by atoms with Crippen LogP contribution in [0.1, 0.15) is 21.6 Å². The fourth-order valence-electron chi connectivity index (χ4n) is 2.67. The molecule has 0 bridgehead atoms. The third kappa shape index (κ3) is 4.97. The molecule has 1 atom stereocenters. The van der Waals surface area contributed by atoms with Crippen LogP contribution >= 0.6 is 22.6 Å². The highest BCUT2D eigenvalue weighted by atomic mass is 127. The van der Waals surface area contributed by atoms with E-state index < -0.39 is 53.5 Å². The lowest BCUT2D eigenvalue weighted by Gasteiger charge is -2.16. The zero-order valence-electron chi connectivity index (χ0n) is 15.6. The summed E-state index contributed by atoms with van der Waals surface area (Å²) in [5, 5.41) is 18.0. The van der Waals surface area contributed by atoms with Crippen LogP contribution < -0.4 is 11.2 Å². The normalized spacial score (nSPS) is 12.2. The third-order valence-electron chi connectivity index (χ3n) is 4.29. The number of hydrogen-bond acceptors (Lipinski definition) is 6. The number of carbonyl (C=O) groups is 1. The number of halogens is 3. The first kappa shape index (κ1) is 23.3. The van der Waals surface area contributed by atoms with Crippen molar-refractivity contribution < 1.29 is 28.5 Å². The summed E-state index contributed by atoms with van der Waals surface area (Å²) < 4.78 is 35.0. The molecular weight excluding hydrogens is 505 g/mol. The number of rotatable bonds is 8. The number of carbonyl (C=O) groups excluding carboxylic acids is 1. The number of aromatic nitrogens is 2. The van der Waals surface area contributed by atoms with Crippen molar-refractivity contribution in [3.8, 4) is 0 Å². The van der Waals surface area contributed by atoms with Crippen LogP contribution in [0.2, 0.25) is 0 Å². The van der Waals surface area contributed by atoms with Crippen molar-refractivity contribution in [3.63, 3.8) is 0 Å². The first-order chi connectivity index (χ1) is 13.6. The van der Waals surface area contributed by atoms with Crippen molar-refractivity contribution in [2.45, 2.75) is 12.5 Å². The van der Waals surface area contributed by atoms with E-state index in [0.717, 1.165) is 9.13 Å². The van der Waals surface area contributed by atoms with Gasteiger partial charge in [-0.25, -0.2) is 13.6 Å². The Labute approximate surface area is 177 Å². The van der Waals surface area contributed by atoms with Crippen LogP contribution in [0, 0.1) is 15.2 Å². The maximum absolute atomic E-state index is 14.3. The molecule has 0 radical (unpaired) electrons. The van der Waals surface area contributed by atoms with Crippen LogP contribution in [0.3, 0.4) is 0 Å². The van der Waals surface area contributed by atoms with Crippen molar-refractivity contribution in [2.75, 3.05) is 19.8 Å². The van der Waals surface area contributed by atoms with Gasteiger partial charge in [-0.05, 0) is 34.2 Å². The smallest absolute Gasteiger partial charge is 0.330 e. The molecule has 1 heterocycles. The van der Waals surface area contributed by atoms with Gasteiger partial charge in [0.05, 0.1) is 16.8 Å². The summed E-state index contributed by atoms with van der Waals surface area (Å²) >= 11 is 1.63. The summed E-state index contributed by atoms with van der Waals surface area (Å²) in [5.74, 6) is -3.00. The average molecular weight is 524 g/mol. The number of aliphatic hydroxyl groups excluding tert-OH is 2.